The Hall–Kier alpha value is -1.95. The first-order valence-corrected chi connectivity index (χ1v) is 7.05. The van der Waals surface area contributed by atoms with Crippen LogP contribution in [0, 0.1) is 5.82 Å². The molecule has 0 aliphatic rings. The van der Waals surface area contributed by atoms with Crippen LogP contribution in [0.2, 0.25) is 0 Å². The van der Waals surface area contributed by atoms with Gasteiger partial charge in [-0.3, -0.25) is 4.79 Å². The van der Waals surface area contributed by atoms with Crippen molar-refractivity contribution in [3.63, 3.8) is 0 Å². The summed E-state index contributed by atoms with van der Waals surface area (Å²) in [5.74, 6) is -1.85. The highest BCUT2D eigenvalue weighted by Crippen LogP contribution is 2.26. The number of aliphatic carboxylic acids is 1. The van der Waals surface area contributed by atoms with Crippen molar-refractivity contribution in [3.05, 3.63) is 35.0 Å². The third-order valence-corrected chi connectivity index (χ3v) is 4.00. The first-order chi connectivity index (χ1) is 9.51. The second-order valence-electron chi connectivity index (χ2n) is 4.45. The minimum Gasteiger partial charge on any atom is -0.480 e. The van der Waals surface area contributed by atoms with Crippen LogP contribution >= 0.6 is 11.3 Å². The molecule has 1 atom stereocenters. The molecule has 0 saturated carbocycles. The molecule has 1 heterocycles. The number of benzene rings is 1. The van der Waals surface area contributed by atoms with Crippen molar-refractivity contribution < 1.29 is 19.1 Å². The molecule has 6 heteroatoms. The number of carboxylic acid groups (broad SMARTS) is 1. The molecule has 0 spiro atoms. The number of nitrogens with one attached hydrogen (secondary N) is 1. The smallest absolute Gasteiger partial charge is 0.326 e. The molecule has 1 aromatic heterocycles. The van der Waals surface area contributed by atoms with Gasteiger partial charge in [-0.1, -0.05) is 13.3 Å². The number of halogens is 1. The van der Waals surface area contributed by atoms with E-state index < -0.39 is 17.9 Å². The monoisotopic (exact) mass is 295 g/mol. The zero-order chi connectivity index (χ0) is 14.7. The van der Waals surface area contributed by atoms with E-state index in [0.29, 0.717) is 23.1 Å². The molecule has 106 valence electrons. The normalized spacial score (nSPS) is 12.3. The van der Waals surface area contributed by atoms with Crippen molar-refractivity contribution in [1.82, 2.24) is 5.32 Å². The maximum atomic E-state index is 13.1. The van der Waals surface area contributed by atoms with Gasteiger partial charge in [0.25, 0.3) is 5.91 Å². The standard InChI is InChI=1S/C14H14FNO3S/c1-2-3-10(14(18)19)16-13(17)12-7-8-6-9(15)4-5-11(8)20-12/h4-7,10H,2-3H2,1H3,(H,16,17)(H,18,19). The Kier molecular flexibility index (Phi) is 4.34. The van der Waals surface area contributed by atoms with Gasteiger partial charge in [0.1, 0.15) is 11.9 Å². The topological polar surface area (TPSA) is 66.4 Å². The Morgan fingerprint density at radius 3 is 2.80 bits per heavy atom. The highest BCUT2D eigenvalue weighted by Gasteiger charge is 2.20. The number of hydrogen-bond donors (Lipinski definition) is 2. The fourth-order valence-corrected chi connectivity index (χ4v) is 2.85. The van der Waals surface area contributed by atoms with Gasteiger partial charge in [0.2, 0.25) is 0 Å². The first-order valence-electron chi connectivity index (χ1n) is 6.24. The van der Waals surface area contributed by atoms with Crippen LogP contribution in [-0.2, 0) is 4.79 Å². The number of fused-ring (bicyclic) bond motifs is 1. The molecule has 0 saturated heterocycles. The average molecular weight is 295 g/mol. The van der Waals surface area contributed by atoms with Crippen LogP contribution in [0.3, 0.4) is 0 Å². The highest BCUT2D eigenvalue weighted by molar-refractivity contribution is 7.20. The highest BCUT2D eigenvalue weighted by atomic mass is 32.1. The number of carbonyl (C=O) groups excluding carboxylic acids is 1. The minimum absolute atomic E-state index is 0.364. The van der Waals surface area contributed by atoms with E-state index >= 15 is 0 Å². The SMILES string of the molecule is CCCC(NC(=O)c1cc2cc(F)ccc2s1)C(=O)O. The van der Waals surface area contributed by atoms with Crippen LogP contribution < -0.4 is 5.32 Å². The second-order valence-corrected chi connectivity index (χ2v) is 5.53. The number of rotatable bonds is 5. The summed E-state index contributed by atoms with van der Waals surface area (Å²) in [6.07, 6.45) is 1.04. The van der Waals surface area contributed by atoms with Crippen LogP contribution in [0.25, 0.3) is 10.1 Å². The molecule has 20 heavy (non-hydrogen) atoms. The van der Waals surface area contributed by atoms with E-state index in [1.54, 1.807) is 12.1 Å². The summed E-state index contributed by atoms with van der Waals surface area (Å²) in [5.41, 5.74) is 0. The maximum Gasteiger partial charge on any atom is 0.326 e. The third kappa shape index (κ3) is 3.14. The van der Waals surface area contributed by atoms with Crippen molar-refractivity contribution in [1.29, 1.82) is 0 Å². The minimum atomic E-state index is -1.05. The van der Waals surface area contributed by atoms with Gasteiger partial charge in [-0.2, -0.15) is 0 Å². The van der Waals surface area contributed by atoms with E-state index in [0.717, 1.165) is 4.70 Å². The largest absolute Gasteiger partial charge is 0.480 e. The molecule has 1 unspecified atom stereocenters. The molecule has 2 N–H and O–H groups in total. The third-order valence-electron chi connectivity index (χ3n) is 2.88. The Bertz CT molecular complexity index is 653. The molecule has 4 nitrogen and oxygen atoms in total. The summed E-state index contributed by atoms with van der Waals surface area (Å²) in [6, 6.07) is 4.96. The lowest BCUT2D eigenvalue weighted by molar-refractivity contribution is -0.139. The molecule has 0 radical (unpaired) electrons. The Labute approximate surface area is 119 Å². The average Bonchev–Trinajstić information content (AvgIpc) is 2.80. The fraction of sp³-hybridized carbons (Fsp3) is 0.286. The number of thiophene rings is 1. The maximum absolute atomic E-state index is 13.1. The molecule has 2 aromatic rings. The van der Waals surface area contributed by atoms with E-state index in [1.807, 2.05) is 6.92 Å². The summed E-state index contributed by atoms with van der Waals surface area (Å²) in [5, 5.41) is 12.1. The fourth-order valence-electron chi connectivity index (χ4n) is 1.90. The van der Waals surface area contributed by atoms with Gasteiger partial charge in [-0.25, -0.2) is 9.18 Å². The summed E-state index contributed by atoms with van der Waals surface area (Å²) in [7, 11) is 0. The Balaban J connectivity index is 2.20. The number of hydrogen-bond acceptors (Lipinski definition) is 3. The number of carboxylic acids is 1. The lowest BCUT2D eigenvalue weighted by atomic mass is 10.1. The Morgan fingerprint density at radius 1 is 1.40 bits per heavy atom. The van der Waals surface area contributed by atoms with Crippen LogP contribution in [0.1, 0.15) is 29.4 Å². The van der Waals surface area contributed by atoms with Crippen molar-refractivity contribution in [2.75, 3.05) is 0 Å². The number of amides is 1. The zero-order valence-corrected chi connectivity index (χ0v) is 11.7. The number of carbonyl (C=O) groups is 2. The van der Waals surface area contributed by atoms with Crippen molar-refractivity contribution >= 4 is 33.3 Å². The van der Waals surface area contributed by atoms with Crippen LogP contribution in [0.15, 0.2) is 24.3 Å². The molecule has 0 aliphatic heterocycles. The summed E-state index contributed by atoms with van der Waals surface area (Å²) >= 11 is 1.21. The quantitative estimate of drug-likeness (QED) is 0.891. The summed E-state index contributed by atoms with van der Waals surface area (Å²) in [4.78, 5) is 23.4. The predicted molar refractivity (Wildman–Crippen MR) is 75.6 cm³/mol. The van der Waals surface area contributed by atoms with E-state index in [-0.39, 0.29) is 5.82 Å². The van der Waals surface area contributed by atoms with Gasteiger partial charge < -0.3 is 10.4 Å². The van der Waals surface area contributed by atoms with E-state index in [2.05, 4.69) is 5.32 Å². The molecule has 0 bridgehead atoms. The molecular weight excluding hydrogens is 281 g/mol. The van der Waals surface area contributed by atoms with E-state index in [4.69, 9.17) is 5.11 Å². The molecule has 1 amide bonds. The van der Waals surface area contributed by atoms with Crippen molar-refractivity contribution in [2.45, 2.75) is 25.8 Å². The molecule has 2 rings (SSSR count). The molecule has 0 fully saturated rings. The van der Waals surface area contributed by atoms with Gasteiger partial charge in [-0.05, 0) is 36.1 Å². The Morgan fingerprint density at radius 2 is 2.15 bits per heavy atom. The second kappa shape index (κ2) is 6.00. The van der Waals surface area contributed by atoms with Crippen molar-refractivity contribution in [2.24, 2.45) is 0 Å². The zero-order valence-electron chi connectivity index (χ0n) is 10.9. The summed E-state index contributed by atoms with van der Waals surface area (Å²) in [6.45, 7) is 1.85. The van der Waals surface area contributed by atoms with E-state index in [9.17, 15) is 14.0 Å². The lowest BCUT2D eigenvalue weighted by Crippen LogP contribution is -2.40. The van der Waals surface area contributed by atoms with Crippen LogP contribution in [0.5, 0.6) is 0 Å². The van der Waals surface area contributed by atoms with Gasteiger partial charge in [0.05, 0.1) is 4.88 Å². The first kappa shape index (κ1) is 14.5. The van der Waals surface area contributed by atoms with Gasteiger partial charge in [0, 0.05) is 4.70 Å². The molecule has 1 aromatic carbocycles. The summed E-state index contributed by atoms with van der Waals surface area (Å²) < 4.78 is 13.9. The van der Waals surface area contributed by atoms with Crippen LogP contribution in [-0.4, -0.2) is 23.0 Å². The molecular formula is C14H14FNO3S. The lowest BCUT2D eigenvalue weighted by Gasteiger charge is -2.12. The van der Waals surface area contributed by atoms with Crippen LogP contribution in [0.4, 0.5) is 4.39 Å². The van der Waals surface area contributed by atoms with Gasteiger partial charge in [0.15, 0.2) is 0 Å². The van der Waals surface area contributed by atoms with Crippen molar-refractivity contribution in [3.8, 4) is 0 Å². The van der Waals surface area contributed by atoms with Gasteiger partial charge in [-0.15, -0.1) is 11.3 Å². The molecule has 0 aliphatic carbocycles. The van der Waals surface area contributed by atoms with E-state index in [1.165, 1.54) is 23.5 Å². The predicted octanol–water partition coefficient (Wildman–Crippen LogP) is 3.02. The van der Waals surface area contributed by atoms with Gasteiger partial charge >= 0.3 is 5.97 Å².